The first-order valence-electron chi connectivity index (χ1n) is 7.61. The summed E-state index contributed by atoms with van der Waals surface area (Å²) in [6.45, 7) is 3.41. The maximum Gasteiger partial charge on any atom is 0.357 e. The molecule has 0 aromatic carbocycles. The van der Waals surface area contributed by atoms with E-state index in [9.17, 15) is 9.59 Å². The molecular weight excluding hydrogens is 296 g/mol. The van der Waals surface area contributed by atoms with Crippen LogP contribution in [0.15, 0.2) is 34.9 Å². The molecule has 1 aliphatic rings. The molecule has 1 amide bonds. The molecule has 0 saturated carbocycles. The van der Waals surface area contributed by atoms with Crippen molar-refractivity contribution in [1.29, 1.82) is 0 Å². The molecule has 23 heavy (non-hydrogen) atoms. The van der Waals surface area contributed by atoms with Crippen LogP contribution in [0, 0.1) is 6.92 Å². The number of carbonyl (C=O) groups is 2. The van der Waals surface area contributed by atoms with Gasteiger partial charge in [-0.05, 0) is 38.0 Å². The summed E-state index contributed by atoms with van der Waals surface area (Å²) < 4.78 is 10.4. The fourth-order valence-corrected chi connectivity index (χ4v) is 2.53. The molecule has 3 rings (SSSR count). The molecule has 0 unspecified atom stereocenters. The van der Waals surface area contributed by atoms with Gasteiger partial charge < -0.3 is 14.1 Å². The Morgan fingerprint density at radius 2 is 1.96 bits per heavy atom. The minimum absolute atomic E-state index is 0.118. The summed E-state index contributed by atoms with van der Waals surface area (Å²) in [5, 5.41) is 0. The van der Waals surface area contributed by atoms with Crippen molar-refractivity contribution in [3.8, 4) is 0 Å². The Morgan fingerprint density at radius 1 is 1.22 bits per heavy atom. The first-order chi connectivity index (χ1) is 11.1. The third kappa shape index (κ3) is 3.41. The van der Waals surface area contributed by atoms with Crippen molar-refractivity contribution >= 4 is 11.9 Å². The van der Waals surface area contributed by atoms with Crippen molar-refractivity contribution in [2.24, 2.45) is 0 Å². The number of likely N-dealkylation sites (tertiary alicyclic amines) is 1. The number of hydrogen-bond acceptors (Lipinski definition) is 5. The van der Waals surface area contributed by atoms with E-state index < -0.39 is 5.97 Å². The summed E-state index contributed by atoms with van der Waals surface area (Å²) in [5.74, 6) is 0.0215. The van der Waals surface area contributed by atoms with Crippen molar-refractivity contribution in [1.82, 2.24) is 9.88 Å². The molecule has 0 aliphatic carbocycles. The standard InChI is InChI=1S/C17H18N2O4/c1-12-13(7-10-22-12)11-23-17(21)15-6-4-5-14(18-15)16(20)19-8-2-3-9-19/h4-7,10H,2-3,8-9,11H2,1H3. The van der Waals surface area contributed by atoms with Crippen LogP contribution in [0.3, 0.4) is 0 Å². The average molecular weight is 314 g/mol. The highest BCUT2D eigenvalue weighted by Gasteiger charge is 2.21. The minimum atomic E-state index is -0.554. The molecule has 1 saturated heterocycles. The number of aromatic nitrogens is 1. The number of aryl methyl sites for hydroxylation is 1. The zero-order valence-electron chi connectivity index (χ0n) is 12.9. The van der Waals surface area contributed by atoms with Gasteiger partial charge in [-0.15, -0.1) is 0 Å². The SMILES string of the molecule is Cc1occc1COC(=O)c1cccc(C(=O)N2CCCC2)n1. The zero-order chi connectivity index (χ0) is 16.2. The number of esters is 1. The number of carbonyl (C=O) groups excluding carboxylic acids is 2. The van der Waals surface area contributed by atoms with Crippen LogP contribution in [0.4, 0.5) is 0 Å². The van der Waals surface area contributed by atoms with Gasteiger partial charge in [0.2, 0.25) is 0 Å². The Hall–Kier alpha value is -2.63. The molecule has 0 N–H and O–H groups in total. The van der Waals surface area contributed by atoms with Crippen molar-refractivity contribution in [2.75, 3.05) is 13.1 Å². The molecule has 0 radical (unpaired) electrons. The molecule has 3 heterocycles. The molecule has 2 aromatic rings. The fraction of sp³-hybridized carbons (Fsp3) is 0.353. The van der Waals surface area contributed by atoms with Gasteiger partial charge >= 0.3 is 5.97 Å². The molecule has 6 heteroatoms. The minimum Gasteiger partial charge on any atom is -0.469 e. The predicted molar refractivity (Wildman–Crippen MR) is 81.9 cm³/mol. The normalized spacial score (nSPS) is 14.0. The van der Waals surface area contributed by atoms with E-state index in [4.69, 9.17) is 9.15 Å². The molecular formula is C17H18N2O4. The van der Waals surface area contributed by atoms with Crippen molar-refractivity contribution in [3.63, 3.8) is 0 Å². The summed E-state index contributed by atoms with van der Waals surface area (Å²) in [6, 6.07) is 6.57. The van der Waals surface area contributed by atoms with Crippen molar-refractivity contribution in [2.45, 2.75) is 26.4 Å². The third-order valence-electron chi connectivity index (χ3n) is 3.90. The molecule has 0 bridgehead atoms. The molecule has 120 valence electrons. The first kappa shape index (κ1) is 15.3. The zero-order valence-corrected chi connectivity index (χ0v) is 12.9. The average Bonchev–Trinajstić information content (AvgIpc) is 3.24. The van der Waals surface area contributed by atoms with E-state index in [1.54, 1.807) is 42.4 Å². The Morgan fingerprint density at radius 3 is 2.65 bits per heavy atom. The van der Waals surface area contributed by atoms with E-state index in [0.29, 0.717) is 5.76 Å². The highest BCUT2D eigenvalue weighted by atomic mass is 16.5. The van der Waals surface area contributed by atoms with Gasteiger partial charge in [0.1, 0.15) is 23.8 Å². The lowest BCUT2D eigenvalue weighted by Crippen LogP contribution is -2.28. The van der Waals surface area contributed by atoms with Crippen LogP contribution in [-0.2, 0) is 11.3 Å². The fourth-order valence-electron chi connectivity index (χ4n) is 2.53. The first-order valence-corrected chi connectivity index (χ1v) is 7.61. The van der Waals surface area contributed by atoms with Gasteiger partial charge in [0.25, 0.3) is 5.91 Å². The Balaban J connectivity index is 1.67. The summed E-state index contributed by atoms with van der Waals surface area (Å²) in [4.78, 5) is 30.3. The van der Waals surface area contributed by atoms with E-state index in [0.717, 1.165) is 31.5 Å². The third-order valence-corrected chi connectivity index (χ3v) is 3.90. The quantitative estimate of drug-likeness (QED) is 0.811. The van der Waals surface area contributed by atoms with E-state index in [1.807, 2.05) is 0 Å². The van der Waals surface area contributed by atoms with Crippen molar-refractivity contribution in [3.05, 3.63) is 53.2 Å². The van der Waals surface area contributed by atoms with Gasteiger partial charge in [-0.25, -0.2) is 9.78 Å². The lowest BCUT2D eigenvalue weighted by atomic mass is 10.2. The van der Waals surface area contributed by atoms with E-state index >= 15 is 0 Å². The van der Waals surface area contributed by atoms with Crippen LogP contribution in [0.5, 0.6) is 0 Å². The van der Waals surface area contributed by atoms with E-state index in [-0.39, 0.29) is 23.9 Å². The van der Waals surface area contributed by atoms with Crippen molar-refractivity contribution < 1.29 is 18.7 Å². The van der Waals surface area contributed by atoms with Crippen LogP contribution in [0.2, 0.25) is 0 Å². The second kappa shape index (κ2) is 6.64. The summed E-state index contributed by atoms with van der Waals surface area (Å²) in [5.41, 5.74) is 1.22. The number of nitrogens with zero attached hydrogens (tertiary/aromatic N) is 2. The van der Waals surface area contributed by atoms with E-state index in [2.05, 4.69) is 4.98 Å². The second-order valence-corrected chi connectivity index (χ2v) is 5.49. The topological polar surface area (TPSA) is 72.6 Å². The molecule has 6 nitrogen and oxygen atoms in total. The van der Waals surface area contributed by atoms with Crippen LogP contribution < -0.4 is 0 Å². The number of hydrogen-bond donors (Lipinski definition) is 0. The molecule has 1 fully saturated rings. The van der Waals surface area contributed by atoms with Gasteiger partial charge in [0, 0.05) is 18.7 Å². The van der Waals surface area contributed by atoms with Gasteiger partial charge in [-0.3, -0.25) is 4.79 Å². The monoisotopic (exact) mass is 314 g/mol. The number of furan rings is 1. The lowest BCUT2D eigenvalue weighted by molar-refractivity contribution is 0.0464. The Bertz CT molecular complexity index is 717. The smallest absolute Gasteiger partial charge is 0.357 e. The van der Waals surface area contributed by atoms with Crippen LogP contribution in [0.1, 0.15) is 45.1 Å². The summed E-state index contributed by atoms with van der Waals surface area (Å²) in [7, 11) is 0. The largest absolute Gasteiger partial charge is 0.469 e. The highest BCUT2D eigenvalue weighted by Crippen LogP contribution is 2.14. The summed E-state index contributed by atoms with van der Waals surface area (Å²) in [6.07, 6.45) is 3.57. The number of pyridine rings is 1. The van der Waals surface area contributed by atoms with Gasteiger partial charge in [-0.1, -0.05) is 6.07 Å². The van der Waals surface area contributed by atoms with Gasteiger partial charge in [0.05, 0.1) is 6.26 Å². The number of amides is 1. The lowest BCUT2D eigenvalue weighted by Gasteiger charge is -2.14. The second-order valence-electron chi connectivity index (χ2n) is 5.49. The Labute approximate surface area is 134 Å². The predicted octanol–water partition coefficient (Wildman–Crippen LogP) is 2.58. The maximum atomic E-state index is 12.3. The Kier molecular flexibility index (Phi) is 4.41. The number of rotatable bonds is 4. The molecule has 0 atom stereocenters. The van der Waals surface area contributed by atoms with E-state index in [1.165, 1.54) is 0 Å². The van der Waals surface area contributed by atoms with Gasteiger partial charge in [0.15, 0.2) is 0 Å². The molecule has 0 spiro atoms. The van der Waals surface area contributed by atoms with Gasteiger partial charge in [-0.2, -0.15) is 0 Å². The number of ether oxygens (including phenoxy) is 1. The summed E-state index contributed by atoms with van der Waals surface area (Å²) >= 11 is 0. The maximum absolute atomic E-state index is 12.3. The van der Waals surface area contributed by atoms with Crippen LogP contribution >= 0.6 is 0 Å². The molecule has 1 aliphatic heterocycles. The van der Waals surface area contributed by atoms with Crippen LogP contribution in [0.25, 0.3) is 0 Å². The van der Waals surface area contributed by atoms with Crippen LogP contribution in [-0.4, -0.2) is 34.8 Å². The highest BCUT2D eigenvalue weighted by molar-refractivity contribution is 5.94. The molecule has 2 aromatic heterocycles.